The molecule has 0 saturated carbocycles. The average Bonchev–Trinajstić information content (AvgIpc) is 2.63. The van der Waals surface area contributed by atoms with Crippen LogP contribution < -0.4 is 15.4 Å². The number of rotatable bonds is 7. The van der Waals surface area contributed by atoms with E-state index in [1.165, 1.54) is 5.56 Å². The van der Waals surface area contributed by atoms with Gasteiger partial charge in [-0.2, -0.15) is 0 Å². The minimum absolute atomic E-state index is 0.0482. The molecule has 0 saturated heterocycles. The predicted octanol–water partition coefficient (Wildman–Crippen LogP) is 4.00. The van der Waals surface area contributed by atoms with Crippen LogP contribution in [0.3, 0.4) is 0 Å². The van der Waals surface area contributed by atoms with Crippen LogP contribution in [0.15, 0.2) is 48.5 Å². The van der Waals surface area contributed by atoms with Gasteiger partial charge < -0.3 is 15.4 Å². The number of nitrogens with one attached hydrogen (secondary N) is 2. The Morgan fingerprint density at radius 2 is 1.48 bits per heavy atom. The maximum Gasteiger partial charge on any atom is 0.265 e. The molecule has 2 aromatic rings. The highest BCUT2D eigenvalue weighted by atomic mass is 16.5. The number of hydrogen-bond donors (Lipinski definition) is 2. The highest BCUT2D eigenvalue weighted by Crippen LogP contribution is 2.17. The molecule has 2 N–H and O–H groups in total. The van der Waals surface area contributed by atoms with E-state index < -0.39 is 6.10 Å². The second kappa shape index (κ2) is 8.87. The van der Waals surface area contributed by atoms with Gasteiger partial charge in [-0.15, -0.1) is 0 Å². The fraction of sp³-hybridized carbons (Fsp3) is 0.300. The lowest BCUT2D eigenvalue weighted by Crippen LogP contribution is -2.30. The van der Waals surface area contributed by atoms with Gasteiger partial charge in [0.2, 0.25) is 5.91 Å². The van der Waals surface area contributed by atoms with E-state index in [1.54, 1.807) is 38.1 Å². The topological polar surface area (TPSA) is 67.4 Å². The number of benzene rings is 2. The van der Waals surface area contributed by atoms with Gasteiger partial charge in [0.15, 0.2) is 6.10 Å². The predicted molar refractivity (Wildman–Crippen MR) is 99.9 cm³/mol. The van der Waals surface area contributed by atoms with Gasteiger partial charge in [-0.3, -0.25) is 9.59 Å². The summed E-state index contributed by atoms with van der Waals surface area (Å²) in [6.45, 7) is 5.59. The lowest BCUT2D eigenvalue weighted by atomic mass is 10.2. The fourth-order valence-corrected chi connectivity index (χ4v) is 2.19. The minimum atomic E-state index is -0.619. The van der Waals surface area contributed by atoms with E-state index in [1.807, 2.05) is 24.3 Å². The number of carbonyl (C=O) groups is 2. The molecule has 2 aromatic carbocycles. The molecule has 0 heterocycles. The van der Waals surface area contributed by atoms with Crippen molar-refractivity contribution in [1.29, 1.82) is 0 Å². The zero-order chi connectivity index (χ0) is 18.2. The fourth-order valence-electron chi connectivity index (χ4n) is 2.19. The zero-order valence-electron chi connectivity index (χ0n) is 14.8. The Balaban J connectivity index is 1.90. The highest BCUT2D eigenvalue weighted by Gasteiger charge is 2.15. The molecular weight excluding hydrogens is 316 g/mol. The Bertz CT molecular complexity index is 709. The van der Waals surface area contributed by atoms with E-state index >= 15 is 0 Å². The standard InChI is InChI=1S/C20H24N2O3/c1-4-15-6-12-18(13-7-15)25-14(3)20(24)22-17-10-8-16(9-11-17)21-19(23)5-2/h6-14H,4-5H2,1-3H3,(H,21,23)(H,22,24). The van der Waals surface area contributed by atoms with Crippen molar-refractivity contribution in [3.63, 3.8) is 0 Å². The van der Waals surface area contributed by atoms with E-state index in [9.17, 15) is 9.59 Å². The molecule has 132 valence electrons. The van der Waals surface area contributed by atoms with Crippen LogP contribution in [0.25, 0.3) is 0 Å². The molecule has 0 aliphatic heterocycles. The van der Waals surface area contributed by atoms with Gasteiger partial charge in [0.25, 0.3) is 5.91 Å². The number of carbonyl (C=O) groups excluding carboxylic acids is 2. The summed E-state index contributed by atoms with van der Waals surface area (Å²) < 4.78 is 5.67. The third kappa shape index (κ3) is 5.64. The molecular formula is C20H24N2O3. The summed E-state index contributed by atoms with van der Waals surface area (Å²) in [5.41, 5.74) is 2.57. The van der Waals surface area contributed by atoms with Crippen molar-refractivity contribution >= 4 is 23.2 Å². The number of aryl methyl sites for hydroxylation is 1. The van der Waals surface area contributed by atoms with E-state index in [-0.39, 0.29) is 11.8 Å². The molecule has 5 nitrogen and oxygen atoms in total. The summed E-state index contributed by atoms with van der Waals surface area (Å²) in [6.07, 6.45) is 0.768. The van der Waals surface area contributed by atoms with Crippen LogP contribution in [0.4, 0.5) is 11.4 Å². The van der Waals surface area contributed by atoms with E-state index in [4.69, 9.17) is 4.74 Å². The van der Waals surface area contributed by atoms with Gasteiger partial charge in [-0.1, -0.05) is 26.0 Å². The lowest BCUT2D eigenvalue weighted by Gasteiger charge is -2.15. The van der Waals surface area contributed by atoms with Gasteiger partial charge in [0, 0.05) is 17.8 Å². The van der Waals surface area contributed by atoms with Gasteiger partial charge in [0.1, 0.15) is 5.75 Å². The summed E-state index contributed by atoms with van der Waals surface area (Å²) in [7, 11) is 0. The van der Waals surface area contributed by atoms with Crippen LogP contribution in [0.5, 0.6) is 5.75 Å². The molecule has 2 amide bonds. The first-order valence-electron chi connectivity index (χ1n) is 8.48. The summed E-state index contributed by atoms with van der Waals surface area (Å²) in [5.74, 6) is 0.385. The maximum atomic E-state index is 12.2. The van der Waals surface area contributed by atoms with Gasteiger partial charge in [0.05, 0.1) is 0 Å². The highest BCUT2D eigenvalue weighted by molar-refractivity contribution is 5.95. The zero-order valence-corrected chi connectivity index (χ0v) is 14.8. The maximum absolute atomic E-state index is 12.2. The molecule has 0 fully saturated rings. The number of anilines is 2. The van der Waals surface area contributed by atoms with E-state index in [0.29, 0.717) is 23.5 Å². The van der Waals surface area contributed by atoms with Gasteiger partial charge in [-0.25, -0.2) is 0 Å². The Hall–Kier alpha value is -2.82. The van der Waals surface area contributed by atoms with Crippen LogP contribution in [-0.2, 0) is 16.0 Å². The van der Waals surface area contributed by atoms with Crippen molar-refractivity contribution in [3.8, 4) is 5.75 Å². The summed E-state index contributed by atoms with van der Waals surface area (Å²) in [4.78, 5) is 23.6. The summed E-state index contributed by atoms with van der Waals surface area (Å²) in [5, 5.41) is 5.56. The molecule has 2 rings (SSSR count). The van der Waals surface area contributed by atoms with Crippen LogP contribution in [-0.4, -0.2) is 17.9 Å². The summed E-state index contributed by atoms with van der Waals surface area (Å²) in [6, 6.07) is 14.7. The van der Waals surface area contributed by atoms with Crippen LogP contribution >= 0.6 is 0 Å². The van der Waals surface area contributed by atoms with Crippen molar-refractivity contribution in [1.82, 2.24) is 0 Å². The van der Waals surface area contributed by atoms with E-state index in [2.05, 4.69) is 17.6 Å². The molecule has 0 aliphatic carbocycles. The largest absolute Gasteiger partial charge is 0.481 e. The Morgan fingerprint density at radius 1 is 0.920 bits per heavy atom. The first-order valence-corrected chi connectivity index (χ1v) is 8.48. The molecule has 0 spiro atoms. The molecule has 0 aromatic heterocycles. The number of hydrogen-bond acceptors (Lipinski definition) is 3. The molecule has 0 aliphatic rings. The molecule has 0 bridgehead atoms. The van der Waals surface area contributed by atoms with Crippen LogP contribution in [0, 0.1) is 0 Å². The van der Waals surface area contributed by atoms with Crippen molar-refractivity contribution < 1.29 is 14.3 Å². The van der Waals surface area contributed by atoms with Crippen LogP contribution in [0.1, 0.15) is 32.8 Å². The first-order chi connectivity index (χ1) is 12.0. The van der Waals surface area contributed by atoms with Crippen molar-refractivity contribution in [2.24, 2.45) is 0 Å². The van der Waals surface area contributed by atoms with Crippen molar-refractivity contribution in [2.75, 3.05) is 10.6 Å². The Morgan fingerprint density at radius 3 is 2.00 bits per heavy atom. The smallest absolute Gasteiger partial charge is 0.265 e. The summed E-state index contributed by atoms with van der Waals surface area (Å²) >= 11 is 0. The molecule has 1 atom stereocenters. The first kappa shape index (κ1) is 18.5. The second-order valence-corrected chi connectivity index (χ2v) is 5.73. The van der Waals surface area contributed by atoms with Crippen molar-refractivity contribution in [2.45, 2.75) is 39.7 Å². The van der Waals surface area contributed by atoms with Crippen LogP contribution in [0.2, 0.25) is 0 Å². The average molecular weight is 340 g/mol. The molecule has 25 heavy (non-hydrogen) atoms. The van der Waals surface area contributed by atoms with E-state index in [0.717, 1.165) is 6.42 Å². The Kier molecular flexibility index (Phi) is 6.57. The Labute approximate surface area is 148 Å². The monoisotopic (exact) mass is 340 g/mol. The minimum Gasteiger partial charge on any atom is -0.481 e. The third-order valence-electron chi connectivity index (χ3n) is 3.77. The number of amides is 2. The van der Waals surface area contributed by atoms with Gasteiger partial charge in [-0.05, 0) is 55.3 Å². The van der Waals surface area contributed by atoms with Crippen molar-refractivity contribution in [3.05, 3.63) is 54.1 Å². The lowest BCUT2D eigenvalue weighted by molar-refractivity contribution is -0.122. The normalized spacial score (nSPS) is 11.5. The second-order valence-electron chi connectivity index (χ2n) is 5.73. The molecule has 5 heteroatoms. The molecule has 0 radical (unpaired) electrons. The van der Waals surface area contributed by atoms with Gasteiger partial charge >= 0.3 is 0 Å². The third-order valence-corrected chi connectivity index (χ3v) is 3.77. The quantitative estimate of drug-likeness (QED) is 0.800. The number of ether oxygens (including phenoxy) is 1. The molecule has 1 unspecified atom stereocenters. The SMILES string of the molecule is CCC(=O)Nc1ccc(NC(=O)C(C)Oc2ccc(CC)cc2)cc1.